The predicted molar refractivity (Wildman–Crippen MR) is 123 cm³/mol. The number of aliphatic hydroxyl groups excluding tert-OH is 1. The van der Waals surface area contributed by atoms with Crippen LogP contribution in [0.1, 0.15) is 54.0 Å². The zero-order valence-corrected chi connectivity index (χ0v) is 21.0. The van der Waals surface area contributed by atoms with Crippen molar-refractivity contribution >= 4 is 17.8 Å². The number of nitrogens with one attached hydrogen (secondary N) is 1. The van der Waals surface area contributed by atoms with Crippen LogP contribution in [0.25, 0.3) is 0 Å². The summed E-state index contributed by atoms with van der Waals surface area (Å²) in [6.07, 6.45) is -4.46. The smallest absolute Gasteiger partial charge is 0.311 e. The molecule has 1 heterocycles. The van der Waals surface area contributed by atoms with Crippen LogP contribution in [-0.4, -0.2) is 60.2 Å². The minimum absolute atomic E-state index is 0.145. The van der Waals surface area contributed by atoms with E-state index in [1.54, 1.807) is 41.5 Å². The number of aliphatic hydroxyl groups is 1. The van der Waals surface area contributed by atoms with Gasteiger partial charge in [0, 0.05) is 6.92 Å². The Hall–Kier alpha value is -2.49. The Balaban J connectivity index is 2.43. The highest BCUT2D eigenvalue weighted by Crippen LogP contribution is 2.31. The average Bonchev–Trinajstić information content (AvgIpc) is 2.74. The number of hydrogen-bond acceptors (Lipinski definition) is 8. The van der Waals surface area contributed by atoms with Crippen molar-refractivity contribution in [3.05, 3.63) is 35.9 Å². The molecule has 190 valence electrons. The zero-order valence-electron chi connectivity index (χ0n) is 21.0. The molecule has 1 aliphatic rings. The van der Waals surface area contributed by atoms with Crippen molar-refractivity contribution in [3.8, 4) is 0 Å². The molecule has 1 aromatic carbocycles. The molecule has 0 saturated carbocycles. The van der Waals surface area contributed by atoms with E-state index in [4.69, 9.17) is 18.9 Å². The van der Waals surface area contributed by atoms with Crippen molar-refractivity contribution in [1.82, 2.24) is 5.32 Å². The van der Waals surface area contributed by atoms with Gasteiger partial charge in [-0.05, 0) is 47.1 Å². The Morgan fingerprint density at radius 3 is 1.94 bits per heavy atom. The molecule has 2 rings (SSSR count). The van der Waals surface area contributed by atoms with Gasteiger partial charge in [0.15, 0.2) is 18.5 Å². The molecule has 1 saturated heterocycles. The second-order valence-electron chi connectivity index (χ2n) is 10.5. The molecule has 9 nitrogen and oxygen atoms in total. The van der Waals surface area contributed by atoms with Gasteiger partial charge in [0.1, 0.15) is 12.1 Å². The SMILES string of the molecule is CC(=O)N[C@H]1[C@@H](OCc2ccccc2)O[C@H](CO)[C@H](OC(=O)C(C)(C)C)[C@@H]1OC(=O)C(C)(C)C. The first-order valence-corrected chi connectivity index (χ1v) is 11.3. The fraction of sp³-hybridized carbons (Fsp3) is 0.640. The van der Waals surface area contributed by atoms with Crippen molar-refractivity contribution in [2.45, 2.75) is 85.7 Å². The van der Waals surface area contributed by atoms with Crippen LogP contribution in [0, 0.1) is 10.8 Å². The summed E-state index contributed by atoms with van der Waals surface area (Å²) in [5.41, 5.74) is -0.868. The Labute approximate surface area is 201 Å². The molecule has 0 bridgehead atoms. The quantitative estimate of drug-likeness (QED) is 0.572. The minimum atomic E-state index is -1.17. The van der Waals surface area contributed by atoms with Crippen LogP contribution in [0.15, 0.2) is 30.3 Å². The largest absolute Gasteiger partial charge is 0.455 e. The van der Waals surface area contributed by atoms with E-state index < -0.39 is 65.9 Å². The van der Waals surface area contributed by atoms with E-state index in [2.05, 4.69) is 5.32 Å². The van der Waals surface area contributed by atoms with Gasteiger partial charge in [0.05, 0.1) is 24.0 Å². The van der Waals surface area contributed by atoms with Gasteiger partial charge in [0.2, 0.25) is 5.91 Å². The number of ether oxygens (including phenoxy) is 4. The van der Waals surface area contributed by atoms with E-state index in [0.717, 1.165) is 5.56 Å². The lowest BCUT2D eigenvalue weighted by atomic mass is 9.93. The molecule has 9 heteroatoms. The summed E-state index contributed by atoms with van der Waals surface area (Å²) >= 11 is 0. The van der Waals surface area contributed by atoms with Gasteiger partial charge in [-0.25, -0.2) is 0 Å². The van der Waals surface area contributed by atoms with Gasteiger partial charge >= 0.3 is 11.9 Å². The summed E-state index contributed by atoms with van der Waals surface area (Å²) in [6, 6.07) is 8.33. The molecule has 0 unspecified atom stereocenters. The molecule has 0 aromatic heterocycles. The highest BCUT2D eigenvalue weighted by atomic mass is 16.7. The first-order valence-electron chi connectivity index (χ1n) is 11.3. The molecule has 1 aromatic rings. The lowest BCUT2D eigenvalue weighted by molar-refractivity contribution is -0.282. The number of hydrogen-bond donors (Lipinski definition) is 2. The second-order valence-corrected chi connectivity index (χ2v) is 10.5. The van der Waals surface area contributed by atoms with E-state index in [9.17, 15) is 19.5 Å². The van der Waals surface area contributed by atoms with E-state index in [-0.39, 0.29) is 6.61 Å². The number of carbonyl (C=O) groups excluding carboxylic acids is 3. The summed E-state index contributed by atoms with van der Waals surface area (Å²) in [6.45, 7) is 11.0. The van der Waals surface area contributed by atoms with Crippen molar-refractivity contribution in [2.24, 2.45) is 10.8 Å². The van der Waals surface area contributed by atoms with Crippen molar-refractivity contribution in [2.75, 3.05) is 6.61 Å². The molecule has 0 aliphatic carbocycles. The van der Waals surface area contributed by atoms with Crippen molar-refractivity contribution in [1.29, 1.82) is 0 Å². The summed E-state index contributed by atoms with van der Waals surface area (Å²) in [4.78, 5) is 37.7. The predicted octanol–water partition coefficient (Wildman–Crippen LogP) is 2.34. The maximum atomic E-state index is 12.9. The maximum absolute atomic E-state index is 12.9. The number of rotatable bonds is 7. The normalized spacial score (nSPS) is 25.4. The molecule has 2 N–H and O–H groups in total. The summed E-state index contributed by atoms with van der Waals surface area (Å²) < 4.78 is 23.4. The van der Waals surface area contributed by atoms with Crippen LogP contribution in [-0.2, 0) is 39.9 Å². The molecule has 0 spiro atoms. The maximum Gasteiger partial charge on any atom is 0.311 e. The number of benzene rings is 1. The van der Waals surface area contributed by atoms with E-state index in [1.165, 1.54) is 6.92 Å². The lowest BCUT2D eigenvalue weighted by Crippen LogP contribution is -2.67. The van der Waals surface area contributed by atoms with Gasteiger partial charge in [-0.3, -0.25) is 14.4 Å². The summed E-state index contributed by atoms with van der Waals surface area (Å²) in [5.74, 6) is -1.55. The molecule has 34 heavy (non-hydrogen) atoms. The highest BCUT2D eigenvalue weighted by Gasteiger charge is 2.52. The van der Waals surface area contributed by atoms with Crippen LogP contribution >= 0.6 is 0 Å². The molecule has 5 atom stereocenters. The summed E-state index contributed by atoms with van der Waals surface area (Å²) in [5, 5.41) is 12.8. The third kappa shape index (κ3) is 7.51. The van der Waals surface area contributed by atoms with Crippen molar-refractivity contribution in [3.63, 3.8) is 0 Å². The van der Waals surface area contributed by atoms with Crippen LogP contribution in [0.2, 0.25) is 0 Å². The average molecular weight is 480 g/mol. The zero-order chi connectivity index (χ0) is 25.7. The van der Waals surface area contributed by atoms with Gasteiger partial charge < -0.3 is 29.4 Å². The van der Waals surface area contributed by atoms with Crippen LogP contribution in [0.3, 0.4) is 0 Å². The lowest BCUT2D eigenvalue weighted by Gasteiger charge is -2.45. The Kier molecular flexibility index (Phi) is 9.22. The van der Waals surface area contributed by atoms with E-state index in [1.807, 2.05) is 30.3 Å². The molecule has 1 fully saturated rings. The molecule has 1 amide bonds. The topological polar surface area (TPSA) is 120 Å². The fourth-order valence-electron chi connectivity index (χ4n) is 3.22. The van der Waals surface area contributed by atoms with E-state index >= 15 is 0 Å². The number of esters is 2. The van der Waals surface area contributed by atoms with Crippen LogP contribution < -0.4 is 5.32 Å². The number of carbonyl (C=O) groups is 3. The molecule has 1 aliphatic heterocycles. The van der Waals surface area contributed by atoms with Gasteiger partial charge in [-0.2, -0.15) is 0 Å². The standard InChI is InChI=1S/C25H37NO8/c1-15(28)26-18-20(34-23(30)25(5,6)7)19(33-22(29)24(2,3)4)17(13-27)32-21(18)31-14-16-11-9-8-10-12-16/h8-12,17-21,27H,13-14H2,1-7H3,(H,26,28)/t17-,18-,19+,20-,21+/m1/s1. The van der Waals surface area contributed by atoms with Gasteiger partial charge in [-0.1, -0.05) is 30.3 Å². The van der Waals surface area contributed by atoms with Crippen LogP contribution in [0.4, 0.5) is 0 Å². The Morgan fingerprint density at radius 1 is 0.941 bits per heavy atom. The van der Waals surface area contributed by atoms with Crippen LogP contribution in [0.5, 0.6) is 0 Å². The fourth-order valence-corrected chi connectivity index (χ4v) is 3.22. The second kappa shape index (κ2) is 11.3. The number of amides is 1. The van der Waals surface area contributed by atoms with Crippen molar-refractivity contribution < 1.29 is 38.4 Å². The first-order chi connectivity index (χ1) is 15.7. The summed E-state index contributed by atoms with van der Waals surface area (Å²) in [7, 11) is 0. The molecule has 0 radical (unpaired) electrons. The minimum Gasteiger partial charge on any atom is -0.455 e. The van der Waals surface area contributed by atoms with Gasteiger partial charge in [-0.15, -0.1) is 0 Å². The third-order valence-corrected chi connectivity index (χ3v) is 5.16. The van der Waals surface area contributed by atoms with Gasteiger partial charge in [0.25, 0.3) is 0 Å². The monoisotopic (exact) mass is 479 g/mol. The van der Waals surface area contributed by atoms with E-state index in [0.29, 0.717) is 0 Å². The molecular weight excluding hydrogens is 442 g/mol. The third-order valence-electron chi connectivity index (χ3n) is 5.16. The Bertz CT molecular complexity index is 843. The first kappa shape index (κ1) is 27.8. The highest BCUT2D eigenvalue weighted by molar-refractivity contribution is 5.77. The molecular formula is C25H37NO8. The Morgan fingerprint density at radius 2 is 1.47 bits per heavy atom.